The molecule has 4 nitrogen and oxygen atoms in total. The van der Waals surface area contributed by atoms with Crippen LogP contribution in [0.3, 0.4) is 0 Å². The number of amides is 1. The summed E-state index contributed by atoms with van der Waals surface area (Å²) in [7, 11) is 1.64. The Labute approximate surface area is 161 Å². The van der Waals surface area contributed by atoms with Gasteiger partial charge in [0.25, 0.3) is 0 Å². The summed E-state index contributed by atoms with van der Waals surface area (Å²) >= 11 is 3.05. The number of benzene rings is 2. The van der Waals surface area contributed by atoms with Gasteiger partial charge in [0.15, 0.2) is 4.34 Å². The van der Waals surface area contributed by atoms with Crippen LogP contribution in [0.1, 0.15) is 12.5 Å². The highest BCUT2D eigenvalue weighted by Gasteiger charge is 2.16. The summed E-state index contributed by atoms with van der Waals surface area (Å²) in [5, 5.41) is 4.79. The first-order valence-corrected chi connectivity index (χ1v) is 10.00. The van der Waals surface area contributed by atoms with Gasteiger partial charge in [-0.1, -0.05) is 54.2 Å². The number of ether oxygens (including phenoxy) is 1. The molecule has 0 aliphatic carbocycles. The largest absolute Gasteiger partial charge is 0.497 e. The zero-order chi connectivity index (χ0) is 18.4. The molecule has 3 aromatic rings. The first kappa shape index (κ1) is 18.5. The van der Waals surface area contributed by atoms with Gasteiger partial charge in [0.05, 0.1) is 18.1 Å². The van der Waals surface area contributed by atoms with Gasteiger partial charge in [-0.3, -0.25) is 4.79 Å². The van der Waals surface area contributed by atoms with Crippen molar-refractivity contribution in [1.82, 2.24) is 10.3 Å². The van der Waals surface area contributed by atoms with E-state index in [2.05, 4.69) is 10.3 Å². The second-order valence-electron chi connectivity index (χ2n) is 5.69. The summed E-state index contributed by atoms with van der Waals surface area (Å²) in [5.74, 6) is 0.810. The molecule has 0 aliphatic heterocycles. The highest BCUT2D eigenvalue weighted by Crippen LogP contribution is 2.30. The van der Waals surface area contributed by atoms with Crippen molar-refractivity contribution in [2.75, 3.05) is 7.11 Å². The van der Waals surface area contributed by atoms with Crippen LogP contribution in [0.4, 0.5) is 0 Å². The van der Waals surface area contributed by atoms with Crippen LogP contribution in [0.15, 0.2) is 64.3 Å². The van der Waals surface area contributed by atoms with Crippen molar-refractivity contribution in [3.8, 4) is 17.0 Å². The minimum Gasteiger partial charge on any atom is -0.497 e. The fourth-order valence-corrected chi connectivity index (χ4v) is 4.33. The predicted molar refractivity (Wildman–Crippen MR) is 108 cm³/mol. The van der Waals surface area contributed by atoms with Crippen LogP contribution in [0, 0.1) is 0 Å². The van der Waals surface area contributed by atoms with Gasteiger partial charge in [-0.25, -0.2) is 4.98 Å². The molecule has 0 unspecified atom stereocenters. The van der Waals surface area contributed by atoms with Crippen LogP contribution in [-0.2, 0) is 11.3 Å². The topological polar surface area (TPSA) is 51.2 Å². The summed E-state index contributed by atoms with van der Waals surface area (Å²) in [6, 6.07) is 17.7. The first-order chi connectivity index (χ1) is 12.7. The smallest absolute Gasteiger partial charge is 0.233 e. The zero-order valence-electron chi connectivity index (χ0n) is 14.6. The van der Waals surface area contributed by atoms with Gasteiger partial charge in [-0.2, -0.15) is 0 Å². The Bertz CT molecular complexity index is 848. The van der Waals surface area contributed by atoms with Crippen LogP contribution in [0.5, 0.6) is 5.75 Å². The maximum atomic E-state index is 12.3. The van der Waals surface area contributed by atoms with Gasteiger partial charge in [-0.15, -0.1) is 11.3 Å². The summed E-state index contributed by atoms with van der Waals surface area (Å²) in [5.41, 5.74) is 3.08. The molecule has 1 amide bonds. The normalized spacial score (nSPS) is 11.8. The van der Waals surface area contributed by atoms with Crippen molar-refractivity contribution in [2.45, 2.75) is 23.1 Å². The number of methoxy groups -OCH3 is 1. The molecule has 2 aromatic carbocycles. The summed E-state index contributed by atoms with van der Waals surface area (Å²) in [4.78, 5) is 17.0. The Morgan fingerprint density at radius 3 is 2.62 bits per heavy atom. The Morgan fingerprint density at radius 1 is 1.19 bits per heavy atom. The van der Waals surface area contributed by atoms with Crippen LogP contribution in [-0.4, -0.2) is 23.3 Å². The predicted octanol–water partition coefficient (Wildman–Crippen LogP) is 4.62. The number of nitrogens with one attached hydrogen (secondary N) is 1. The van der Waals surface area contributed by atoms with Crippen molar-refractivity contribution >= 4 is 29.0 Å². The quantitative estimate of drug-likeness (QED) is 0.604. The summed E-state index contributed by atoms with van der Waals surface area (Å²) in [6.45, 7) is 2.40. The first-order valence-electron chi connectivity index (χ1n) is 8.24. The van der Waals surface area contributed by atoms with E-state index in [0.29, 0.717) is 6.54 Å². The molecule has 0 fully saturated rings. The Kier molecular flexibility index (Phi) is 6.30. The number of carbonyl (C=O) groups is 1. The molecule has 0 saturated heterocycles. The third-order valence-electron chi connectivity index (χ3n) is 3.83. The fourth-order valence-electron chi connectivity index (χ4n) is 2.33. The Morgan fingerprint density at radius 2 is 1.92 bits per heavy atom. The second kappa shape index (κ2) is 8.87. The highest BCUT2D eigenvalue weighted by atomic mass is 32.2. The molecule has 0 aliphatic rings. The second-order valence-corrected chi connectivity index (χ2v) is 8.14. The monoisotopic (exact) mass is 384 g/mol. The molecule has 6 heteroatoms. The van der Waals surface area contributed by atoms with E-state index < -0.39 is 0 Å². The van der Waals surface area contributed by atoms with Crippen LogP contribution >= 0.6 is 23.1 Å². The third-order valence-corrected chi connectivity index (χ3v) is 5.90. The standard InChI is InChI=1S/C20H20N2O2S2/c1-14(19(23)21-12-15-8-10-17(24-2)11-9-15)26-20-22-18(13-25-20)16-6-4-3-5-7-16/h3-11,13-14H,12H2,1-2H3,(H,21,23)/t14-/m1/s1. The molecule has 1 N–H and O–H groups in total. The van der Waals surface area contributed by atoms with Gasteiger partial charge in [0, 0.05) is 17.5 Å². The van der Waals surface area contributed by atoms with Crippen molar-refractivity contribution in [2.24, 2.45) is 0 Å². The van der Waals surface area contributed by atoms with Crippen molar-refractivity contribution in [3.05, 3.63) is 65.5 Å². The highest BCUT2D eigenvalue weighted by molar-refractivity contribution is 8.02. The van der Waals surface area contributed by atoms with E-state index in [0.717, 1.165) is 26.9 Å². The Balaban J connectivity index is 1.53. The van der Waals surface area contributed by atoms with Gasteiger partial charge in [-0.05, 0) is 24.6 Å². The maximum Gasteiger partial charge on any atom is 0.233 e. The van der Waals surface area contributed by atoms with E-state index in [9.17, 15) is 4.79 Å². The average Bonchev–Trinajstić information content (AvgIpc) is 3.15. The van der Waals surface area contributed by atoms with E-state index in [-0.39, 0.29) is 11.2 Å². The molecule has 1 atom stereocenters. The molecule has 1 heterocycles. The lowest BCUT2D eigenvalue weighted by atomic mass is 10.2. The number of thioether (sulfide) groups is 1. The number of nitrogens with zero attached hydrogens (tertiary/aromatic N) is 1. The molecule has 26 heavy (non-hydrogen) atoms. The third kappa shape index (κ3) is 4.86. The van der Waals surface area contributed by atoms with Crippen molar-refractivity contribution in [3.63, 3.8) is 0 Å². The van der Waals surface area contributed by atoms with Crippen molar-refractivity contribution < 1.29 is 9.53 Å². The zero-order valence-corrected chi connectivity index (χ0v) is 16.3. The molecular formula is C20H20N2O2S2. The lowest BCUT2D eigenvalue weighted by Gasteiger charge is -2.11. The summed E-state index contributed by atoms with van der Waals surface area (Å²) in [6.07, 6.45) is 0. The molecule has 134 valence electrons. The number of aromatic nitrogens is 1. The van der Waals surface area contributed by atoms with Gasteiger partial charge >= 0.3 is 0 Å². The van der Waals surface area contributed by atoms with Crippen LogP contribution in [0.2, 0.25) is 0 Å². The molecule has 0 saturated carbocycles. The number of thiazole rings is 1. The van der Waals surface area contributed by atoms with Gasteiger partial charge in [0.2, 0.25) is 5.91 Å². The van der Waals surface area contributed by atoms with E-state index in [1.165, 1.54) is 11.8 Å². The minimum absolute atomic E-state index is 0.00211. The molecular weight excluding hydrogens is 364 g/mol. The van der Waals surface area contributed by atoms with Gasteiger partial charge < -0.3 is 10.1 Å². The number of hydrogen-bond acceptors (Lipinski definition) is 5. The molecule has 3 rings (SSSR count). The fraction of sp³-hybridized carbons (Fsp3) is 0.200. The number of hydrogen-bond donors (Lipinski definition) is 1. The van der Waals surface area contributed by atoms with Gasteiger partial charge in [0.1, 0.15) is 5.75 Å². The van der Waals surface area contributed by atoms with Crippen LogP contribution in [0.25, 0.3) is 11.3 Å². The Hall–Kier alpha value is -2.31. The summed E-state index contributed by atoms with van der Waals surface area (Å²) < 4.78 is 6.04. The maximum absolute atomic E-state index is 12.3. The number of carbonyl (C=O) groups excluding carboxylic acids is 1. The van der Waals surface area contributed by atoms with Crippen LogP contribution < -0.4 is 10.1 Å². The van der Waals surface area contributed by atoms with E-state index >= 15 is 0 Å². The van der Waals surface area contributed by atoms with Crippen molar-refractivity contribution in [1.29, 1.82) is 0 Å². The molecule has 0 spiro atoms. The van der Waals surface area contributed by atoms with E-state index in [4.69, 9.17) is 4.74 Å². The molecule has 0 radical (unpaired) electrons. The SMILES string of the molecule is COc1ccc(CNC(=O)[C@@H](C)Sc2nc(-c3ccccc3)cs2)cc1. The lowest BCUT2D eigenvalue weighted by Crippen LogP contribution is -2.30. The number of rotatable bonds is 7. The van der Waals surface area contributed by atoms with E-state index in [1.54, 1.807) is 18.4 Å². The van der Waals surface area contributed by atoms with E-state index in [1.807, 2.05) is 66.9 Å². The minimum atomic E-state index is -0.206. The molecule has 1 aromatic heterocycles. The lowest BCUT2D eigenvalue weighted by molar-refractivity contribution is -0.120. The average molecular weight is 385 g/mol. The molecule has 0 bridgehead atoms.